The van der Waals surface area contributed by atoms with Crippen molar-refractivity contribution in [2.45, 2.75) is 38.1 Å². The maximum Gasteiger partial charge on any atom is 0.261 e. The third-order valence-electron chi connectivity index (χ3n) is 3.62. The van der Waals surface area contributed by atoms with Gasteiger partial charge in [0.15, 0.2) is 0 Å². The lowest BCUT2D eigenvalue weighted by Crippen LogP contribution is -2.35. The Morgan fingerprint density at radius 3 is 2.94 bits per heavy atom. The zero-order valence-corrected chi connectivity index (χ0v) is 12.0. The molecule has 1 aliphatic carbocycles. The van der Waals surface area contributed by atoms with Crippen molar-refractivity contribution in [2.75, 3.05) is 13.1 Å². The normalized spacial score (nSPS) is 22.1. The van der Waals surface area contributed by atoms with Crippen molar-refractivity contribution in [3.05, 3.63) is 21.4 Å². The van der Waals surface area contributed by atoms with Crippen molar-refractivity contribution in [3.63, 3.8) is 0 Å². The van der Waals surface area contributed by atoms with Crippen LogP contribution in [0, 0.1) is 0 Å². The van der Waals surface area contributed by atoms with Crippen molar-refractivity contribution in [2.24, 2.45) is 0 Å². The molecule has 1 aromatic heterocycles. The topological polar surface area (TPSA) is 41.1 Å². The first-order chi connectivity index (χ1) is 8.33. The Kier molecular flexibility index (Phi) is 4.65. The summed E-state index contributed by atoms with van der Waals surface area (Å²) < 4.78 is 0. The van der Waals surface area contributed by atoms with E-state index < -0.39 is 0 Å². The van der Waals surface area contributed by atoms with E-state index in [0.717, 1.165) is 37.2 Å². The molecule has 1 amide bonds. The van der Waals surface area contributed by atoms with Crippen LogP contribution in [0.3, 0.4) is 0 Å². The number of hydrogen-bond donors (Lipinski definition) is 2. The fraction of sp³-hybridized carbons (Fsp3) is 0.615. The minimum Gasteiger partial charge on any atom is -0.347 e. The second-order valence-electron chi connectivity index (χ2n) is 4.93. The smallest absolute Gasteiger partial charge is 0.261 e. The van der Waals surface area contributed by atoms with Crippen molar-refractivity contribution in [1.82, 2.24) is 10.6 Å². The highest BCUT2D eigenvalue weighted by atomic mass is 35.5. The highest BCUT2D eigenvalue weighted by molar-refractivity contribution is 7.14. The Hall–Kier alpha value is -0.580. The van der Waals surface area contributed by atoms with E-state index in [1.165, 1.54) is 23.3 Å². The van der Waals surface area contributed by atoms with Gasteiger partial charge in [-0.25, -0.2) is 0 Å². The molecule has 100 valence electrons. The summed E-state index contributed by atoms with van der Waals surface area (Å²) in [6.07, 6.45) is 5.93. The molecular weight excluding hydrogens is 268 g/mol. The van der Waals surface area contributed by atoms with Gasteiger partial charge in [0.2, 0.25) is 0 Å². The van der Waals surface area contributed by atoms with Crippen molar-refractivity contribution in [1.29, 1.82) is 0 Å². The summed E-state index contributed by atoms with van der Waals surface area (Å²) in [6, 6.07) is 2.43. The zero-order valence-electron chi connectivity index (χ0n) is 10.3. The quantitative estimate of drug-likeness (QED) is 0.875. The van der Waals surface area contributed by atoms with Gasteiger partial charge in [0, 0.05) is 17.5 Å². The largest absolute Gasteiger partial charge is 0.347 e. The molecule has 0 bridgehead atoms. The molecule has 2 N–H and O–H groups in total. The lowest BCUT2D eigenvalue weighted by Gasteiger charge is -2.09. The van der Waals surface area contributed by atoms with Crippen molar-refractivity contribution in [3.8, 4) is 0 Å². The van der Waals surface area contributed by atoms with Gasteiger partial charge in [-0.2, -0.15) is 0 Å². The highest BCUT2D eigenvalue weighted by Gasteiger charge is 2.21. The van der Waals surface area contributed by atoms with E-state index in [9.17, 15) is 4.79 Å². The molecular formula is C13H19ClN2OS. The minimum atomic E-state index is 0. The monoisotopic (exact) mass is 286 g/mol. The second-order valence-corrected chi connectivity index (χ2v) is 6.07. The zero-order chi connectivity index (χ0) is 11.7. The van der Waals surface area contributed by atoms with E-state index in [-0.39, 0.29) is 18.3 Å². The van der Waals surface area contributed by atoms with Gasteiger partial charge in [0.25, 0.3) is 5.91 Å². The number of hydrogen-bond acceptors (Lipinski definition) is 3. The molecule has 1 fully saturated rings. The molecule has 2 heterocycles. The molecule has 1 aliphatic heterocycles. The summed E-state index contributed by atoms with van der Waals surface area (Å²) in [6.45, 7) is 1.93. The standard InChI is InChI=1S/C13H18N2OS.ClH/c16-13(15-10-5-6-14-8-10)12-7-9-3-1-2-4-11(9)17-12;/h7,10,14H,1-6,8H2,(H,15,16);1H. The number of amides is 1. The highest BCUT2D eigenvalue weighted by Crippen LogP contribution is 2.29. The fourth-order valence-electron chi connectivity index (χ4n) is 2.64. The third-order valence-corrected chi connectivity index (χ3v) is 4.85. The van der Waals surface area contributed by atoms with Gasteiger partial charge >= 0.3 is 0 Å². The molecule has 0 spiro atoms. The predicted molar refractivity (Wildman–Crippen MR) is 76.9 cm³/mol. The number of nitrogens with one attached hydrogen (secondary N) is 2. The summed E-state index contributed by atoms with van der Waals surface area (Å²) >= 11 is 1.69. The summed E-state index contributed by atoms with van der Waals surface area (Å²) in [5.41, 5.74) is 1.41. The fourth-order valence-corrected chi connectivity index (χ4v) is 3.79. The number of rotatable bonds is 2. The third kappa shape index (κ3) is 2.87. The molecule has 1 unspecified atom stereocenters. The first-order valence-corrected chi connectivity index (χ1v) is 7.28. The van der Waals surface area contributed by atoms with Gasteiger partial charge in [-0.05, 0) is 50.3 Å². The summed E-state index contributed by atoms with van der Waals surface area (Å²) in [5, 5.41) is 6.38. The predicted octanol–water partition coefficient (Wildman–Crippen LogP) is 2.14. The average molecular weight is 287 g/mol. The molecule has 5 heteroatoms. The van der Waals surface area contributed by atoms with Crippen LogP contribution in [0.2, 0.25) is 0 Å². The Bertz CT molecular complexity index is 403. The maximum atomic E-state index is 12.1. The van der Waals surface area contributed by atoms with E-state index in [1.807, 2.05) is 0 Å². The van der Waals surface area contributed by atoms with Gasteiger partial charge in [0.1, 0.15) is 0 Å². The van der Waals surface area contributed by atoms with Crippen LogP contribution in [0.25, 0.3) is 0 Å². The molecule has 3 rings (SSSR count). The number of aryl methyl sites for hydroxylation is 2. The van der Waals surface area contributed by atoms with E-state index >= 15 is 0 Å². The Balaban J connectivity index is 0.00000120. The van der Waals surface area contributed by atoms with Gasteiger partial charge in [-0.15, -0.1) is 23.7 Å². The van der Waals surface area contributed by atoms with E-state index in [2.05, 4.69) is 16.7 Å². The van der Waals surface area contributed by atoms with Crippen molar-refractivity contribution < 1.29 is 4.79 Å². The molecule has 1 saturated heterocycles. The van der Waals surface area contributed by atoms with Crippen LogP contribution < -0.4 is 10.6 Å². The van der Waals surface area contributed by atoms with Gasteiger partial charge in [-0.3, -0.25) is 4.79 Å². The molecule has 0 saturated carbocycles. The number of carbonyl (C=O) groups is 1. The Labute approximate surface area is 118 Å². The van der Waals surface area contributed by atoms with Crippen LogP contribution in [-0.4, -0.2) is 25.0 Å². The van der Waals surface area contributed by atoms with Crippen LogP contribution in [0.5, 0.6) is 0 Å². The summed E-state index contributed by atoms with van der Waals surface area (Å²) in [7, 11) is 0. The number of carbonyl (C=O) groups excluding carboxylic acids is 1. The van der Waals surface area contributed by atoms with E-state index in [0.29, 0.717) is 6.04 Å². The van der Waals surface area contributed by atoms with Gasteiger partial charge in [0.05, 0.1) is 4.88 Å². The second kappa shape index (κ2) is 6.04. The van der Waals surface area contributed by atoms with Crippen molar-refractivity contribution >= 4 is 29.7 Å². The number of fused-ring (bicyclic) bond motifs is 1. The molecule has 1 aromatic rings. The Morgan fingerprint density at radius 2 is 2.22 bits per heavy atom. The number of thiophene rings is 1. The molecule has 0 radical (unpaired) electrons. The van der Waals surface area contributed by atoms with Gasteiger partial charge < -0.3 is 10.6 Å². The molecule has 1 atom stereocenters. The van der Waals surface area contributed by atoms with Crippen LogP contribution in [0.4, 0.5) is 0 Å². The van der Waals surface area contributed by atoms with Crippen LogP contribution in [0.15, 0.2) is 6.07 Å². The van der Waals surface area contributed by atoms with E-state index in [1.54, 1.807) is 11.3 Å². The van der Waals surface area contributed by atoms with Crippen LogP contribution in [-0.2, 0) is 12.8 Å². The SMILES string of the molecule is Cl.O=C(NC1CCNC1)c1cc2c(s1)CCCC2. The molecule has 0 aromatic carbocycles. The number of halogens is 1. The molecule has 2 aliphatic rings. The minimum absolute atomic E-state index is 0. The molecule has 3 nitrogen and oxygen atoms in total. The van der Waals surface area contributed by atoms with Crippen LogP contribution in [0.1, 0.15) is 39.4 Å². The van der Waals surface area contributed by atoms with Gasteiger partial charge in [-0.1, -0.05) is 0 Å². The van der Waals surface area contributed by atoms with E-state index in [4.69, 9.17) is 0 Å². The lowest BCUT2D eigenvalue weighted by molar-refractivity contribution is 0.0944. The summed E-state index contributed by atoms with van der Waals surface area (Å²) in [5.74, 6) is 0.123. The first kappa shape index (κ1) is 13.8. The first-order valence-electron chi connectivity index (χ1n) is 6.46. The molecule has 18 heavy (non-hydrogen) atoms. The lowest BCUT2D eigenvalue weighted by atomic mass is 9.99. The van der Waals surface area contributed by atoms with Crippen LogP contribution >= 0.6 is 23.7 Å². The maximum absolute atomic E-state index is 12.1. The summed E-state index contributed by atoms with van der Waals surface area (Å²) in [4.78, 5) is 14.4. The average Bonchev–Trinajstić information content (AvgIpc) is 2.96. The Morgan fingerprint density at radius 1 is 1.39 bits per heavy atom.